The summed E-state index contributed by atoms with van der Waals surface area (Å²) in [6, 6.07) is 9.44. The minimum absolute atomic E-state index is 0.271. The van der Waals surface area contributed by atoms with E-state index in [0.717, 1.165) is 10.3 Å². The highest BCUT2D eigenvalue weighted by Crippen LogP contribution is 2.07. The standard InChI is InChI=1S/C18H21N3O4/c1-20-13-14(17(23)21(2)18(20)24)9-10-16(22)19-11-6-12-25-15-7-4-3-5-8-15/h3-5,7-10,13H,6,11-12H2,1-2H3,(H,19,22). The molecule has 7 nitrogen and oxygen atoms in total. The number of hydrogen-bond acceptors (Lipinski definition) is 4. The van der Waals surface area contributed by atoms with E-state index in [-0.39, 0.29) is 11.5 Å². The van der Waals surface area contributed by atoms with Crippen molar-refractivity contribution < 1.29 is 9.53 Å². The number of nitrogens with one attached hydrogen (secondary N) is 1. The van der Waals surface area contributed by atoms with E-state index >= 15 is 0 Å². The second kappa shape index (κ2) is 8.68. The van der Waals surface area contributed by atoms with E-state index in [2.05, 4.69) is 5.32 Å². The van der Waals surface area contributed by atoms with Crippen LogP contribution in [0.5, 0.6) is 5.75 Å². The van der Waals surface area contributed by atoms with Crippen molar-refractivity contribution in [2.24, 2.45) is 14.1 Å². The Hall–Kier alpha value is -3.09. The van der Waals surface area contributed by atoms with Gasteiger partial charge in [0.05, 0.1) is 12.2 Å². The molecule has 0 bridgehead atoms. The first kappa shape index (κ1) is 18.3. The van der Waals surface area contributed by atoms with Crippen LogP contribution in [0.25, 0.3) is 6.08 Å². The van der Waals surface area contributed by atoms with Gasteiger partial charge in [-0.2, -0.15) is 0 Å². The average molecular weight is 343 g/mol. The van der Waals surface area contributed by atoms with Crippen molar-refractivity contribution in [3.63, 3.8) is 0 Å². The number of benzene rings is 1. The van der Waals surface area contributed by atoms with Gasteiger partial charge < -0.3 is 14.6 Å². The van der Waals surface area contributed by atoms with Crippen molar-refractivity contribution >= 4 is 12.0 Å². The molecular weight excluding hydrogens is 322 g/mol. The van der Waals surface area contributed by atoms with E-state index in [1.807, 2.05) is 30.3 Å². The molecule has 0 aliphatic carbocycles. The van der Waals surface area contributed by atoms with Crippen molar-refractivity contribution in [2.45, 2.75) is 6.42 Å². The summed E-state index contributed by atoms with van der Waals surface area (Å²) in [6.07, 6.45) is 4.75. The zero-order chi connectivity index (χ0) is 18.2. The Morgan fingerprint density at radius 3 is 2.64 bits per heavy atom. The summed E-state index contributed by atoms with van der Waals surface area (Å²) in [5.74, 6) is 0.481. The van der Waals surface area contributed by atoms with Gasteiger partial charge in [0.25, 0.3) is 5.56 Å². The van der Waals surface area contributed by atoms with Crippen LogP contribution in [0.2, 0.25) is 0 Å². The molecule has 1 amide bonds. The molecule has 0 fully saturated rings. The SMILES string of the molecule is Cn1cc(C=CC(=O)NCCCOc2ccccc2)c(=O)n(C)c1=O. The fraction of sp³-hybridized carbons (Fsp3) is 0.278. The van der Waals surface area contributed by atoms with Crippen LogP contribution in [0.3, 0.4) is 0 Å². The number of aryl methyl sites for hydroxylation is 1. The molecule has 0 aliphatic rings. The average Bonchev–Trinajstić information content (AvgIpc) is 2.62. The predicted molar refractivity (Wildman–Crippen MR) is 95.5 cm³/mol. The highest BCUT2D eigenvalue weighted by Gasteiger charge is 2.04. The maximum absolute atomic E-state index is 11.9. The summed E-state index contributed by atoms with van der Waals surface area (Å²) in [6.45, 7) is 0.955. The van der Waals surface area contributed by atoms with Gasteiger partial charge in [-0.1, -0.05) is 18.2 Å². The number of nitrogens with zero attached hydrogens (tertiary/aromatic N) is 2. The molecule has 2 aromatic rings. The monoisotopic (exact) mass is 343 g/mol. The number of aromatic nitrogens is 2. The minimum Gasteiger partial charge on any atom is -0.494 e. The Morgan fingerprint density at radius 1 is 1.20 bits per heavy atom. The lowest BCUT2D eigenvalue weighted by Gasteiger charge is -2.06. The highest BCUT2D eigenvalue weighted by atomic mass is 16.5. The van der Waals surface area contributed by atoms with E-state index in [0.29, 0.717) is 19.6 Å². The predicted octanol–water partition coefficient (Wildman–Crippen LogP) is 0.682. The molecule has 7 heteroatoms. The number of para-hydroxylation sites is 1. The van der Waals surface area contributed by atoms with Gasteiger partial charge in [0, 0.05) is 32.9 Å². The first-order valence-electron chi connectivity index (χ1n) is 7.89. The molecule has 0 aliphatic heterocycles. The van der Waals surface area contributed by atoms with E-state index < -0.39 is 11.2 Å². The largest absolute Gasteiger partial charge is 0.494 e. The molecule has 132 valence electrons. The molecule has 25 heavy (non-hydrogen) atoms. The molecule has 1 N–H and O–H groups in total. The highest BCUT2D eigenvalue weighted by molar-refractivity contribution is 5.91. The Bertz CT molecular complexity index is 866. The van der Waals surface area contributed by atoms with Gasteiger partial charge in [0.1, 0.15) is 5.75 Å². The van der Waals surface area contributed by atoms with Crippen LogP contribution < -0.4 is 21.3 Å². The van der Waals surface area contributed by atoms with Crippen LogP contribution in [0.1, 0.15) is 12.0 Å². The number of carbonyl (C=O) groups is 1. The fourth-order valence-corrected chi connectivity index (χ4v) is 2.17. The van der Waals surface area contributed by atoms with E-state index in [1.54, 1.807) is 7.05 Å². The molecule has 0 unspecified atom stereocenters. The third-order valence-corrected chi connectivity index (χ3v) is 3.52. The molecule has 1 heterocycles. The van der Waals surface area contributed by atoms with Gasteiger partial charge in [0.15, 0.2) is 0 Å². The van der Waals surface area contributed by atoms with Crippen LogP contribution in [0, 0.1) is 0 Å². The van der Waals surface area contributed by atoms with Gasteiger partial charge in [-0.3, -0.25) is 14.2 Å². The third-order valence-electron chi connectivity index (χ3n) is 3.52. The lowest BCUT2D eigenvalue weighted by atomic mass is 10.3. The van der Waals surface area contributed by atoms with Gasteiger partial charge in [0.2, 0.25) is 5.91 Å². The summed E-state index contributed by atoms with van der Waals surface area (Å²) in [5, 5.41) is 2.72. The van der Waals surface area contributed by atoms with E-state index in [4.69, 9.17) is 4.74 Å². The molecule has 2 rings (SSSR count). The Balaban J connectivity index is 1.80. The van der Waals surface area contributed by atoms with Crippen LogP contribution in [-0.2, 0) is 18.9 Å². The van der Waals surface area contributed by atoms with Crippen molar-refractivity contribution in [2.75, 3.05) is 13.2 Å². The number of ether oxygens (including phenoxy) is 1. The summed E-state index contributed by atoms with van der Waals surface area (Å²) < 4.78 is 7.81. The summed E-state index contributed by atoms with van der Waals surface area (Å²) in [7, 11) is 2.95. The molecule has 0 atom stereocenters. The minimum atomic E-state index is -0.441. The normalized spacial score (nSPS) is 10.8. The number of hydrogen-bond donors (Lipinski definition) is 1. The Kier molecular flexibility index (Phi) is 6.33. The van der Waals surface area contributed by atoms with Crippen molar-refractivity contribution in [1.29, 1.82) is 0 Å². The second-order valence-corrected chi connectivity index (χ2v) is 5.48. The second-order valence-electron chi connectivity index (χ2n) is 5.48. The third kappa shape index (κ3) is 5.20. The summed E-state index contributed by atoms with van der Waals surface area (Å²) in [5.41, 5.74) is -0.583. The molecule has 0 radical (unpaired) electrons. The maximum atomic E-state index is 11.9. The first-order valence-corrected chi connectivity index (χ1v) is 7.89. The zero-order valence-electron chi connectivity index (χ0n) is 14.3. The smallest absolute Gasteiger partial charge is 0.330 e. The number of carbonyl (C=O) groups excluding carboxylic acids is 1. The number of amides is 1. The summed E-state index contributed by atoms with van der Waals surface area (Å²) >= 11 is 0. The number of rotatable bonds is 7. The molecule has 1 aromatic heterocycles. The van der Waals surface area contributed by atoms with Crippen LogP contribution in [0.15, 0.2) is 52.2 Å². The van der Waals surface area contributed by atoms with Gasteiger partial charge in [-0.25, -0.2) is 4.79 Å². The Labute approximate surface area is 145 Å². The molecule has 1 aromatic carbocycles. The maximum Gasteiger partial charge on any atom is 0.330 e. The van der Waals surface area contributed by atoms with Gasteiger partial charge in [-0.15, -0.1) is 0 Å². The van der Waals surface area contributed by atoms with Crippen LogP contribution in [0.4, 0.5) is 0 Å². The lowest BCUT2D eigenvalue weighted by Crippen LogP contribution is -2.37. The first-order chi connectivity index (χ1) is 12.0. The van der Waals surface area contributed by atoms with E-state index in [9.17, 15) is 14.4 Å². The van der Waals surface area contributed by atoms with Crippen LogP contribution >= 0.6 is 0 Å². The van der Waals surface area contributed by atoms with E-state index in [1.165, 1.54) is 30.0 Å². The Morgan fingerprint density at radius 2 is 1.92 bits per heavy atom. The zero-order valence-corrected chi connectivity index (χ0v) is 14.3. The molecule has 0 saturated carbocycles. The molecular formula is C18H21N3O4. The quantitative estimate of drug-likeness (QED) is 0.592. The molecule has 0 saturated heterocycles. The van der Waals surface area contributed by atoms with Crippen molar-refractivity contribution in [1.82, 2.24) is 14.5 Å². The van der Waals surface area contributed by atoms with Gasteiger partial charge in [-0.05, 0) is 24.6 Å². The van der Waals surface area contributed by atoms with Gasteiger partial charge >= 0.3 is 5.69 Å². The van der Waals surface area contributed by atoms with Crippen LogP contribution in [-0.4, -0.2) is 28.2 Å². The summed E-state index contributed by atoms with van der Waals surface area (Å²) in [4.78, 5) is 35.3. The topological polar surface area (TPSA) is 82.3 Å². The lowest BCUT2D eigenvalue weighted by molar-refractivity contribution is -0.116. The fourth-order valence-electron chi connectivity index (χ4n) is 2.17. The van der Waals surface area contributed by atoms with Crippen molar-refractivity contribution in [3.8, 4) is 5.75 Å². The molecule has 0 spiro atoms. The van der Waals surface area contributed by atoms with Crippen molar-refractivity contribution in [3.05, 3.63) is 69.0 Å².